The van der Waals surface area contributed by atoms with E-state index in [0.29, 0.717) is 38.7 Å². The third-order valence-electron chi connectivity index (χ3n) is 4.90. The van der Waals surface area contributed by atoms with E-state index in [1.807, 2.05) is 68.5 Å². The highest BCUT2D eigenvalue weighted by molar-refractivity contribution is 14.0. The molecule has 2 aromatic rings. The molecule has 2 heterocycles. The molecule has 0 atom stereocenters. The van der Waals surface area contributed by atoms with Crippen LogP contribution in [0.3, 0.4) is 0 Å². The topological polar surface area (TPSA) is 89.0 Å². The molecule has 31 heavy (non-hydrogen) atoms. The second-order valence-corrected chi connectivity index (χ2v) is 8.60. The number of piperazine rings is 1. The lowest BCUT2D eigenvalue weighted by atomic mass is 10.2. The van der Waals surface area contributed by atoms with Crippen molar-refractivity contribution in [3.8, 4) is 5.69 Å². The number of benzene rings is 1. The number of nitrogens with zero attached hydrogens (tertiary/aromatic N) is 5. The number of aromatic nitrogens is 2. The summed E-state index contributed by atoms with van der Waals surface area (Å²) >= 11 is 0. The molecular formula is C22H33IN6O2. The Morgan fingerprint density at radius 1 is 1.13 bits per heavy atom. The second-order valence-electron chi connectivity index (χ2n) is 8.60. The summed E-state index contributed by atoms with van der Waals surface area (Å²) in [6.45, 7) is 12.5. The van der Waals surface area contributed by atoms with Gasteiger partial charge in [0.05, 0.1) is 17.9 Å². The summed E-state index contributed by atoms with van der Waals surface area (Å²) in [5.74, 6) is 0.488. The highest BCUT2D eigenvalue weighted by atomic mass is 127. The normalized spacial score (nSPS) is 14.9. The van der Waals surface area contributed by atoms with Crippen LogP contribution >= 0.6 is 24.0 Å². The summed E-state index contributed by atoms with van der Waals surface area (Å²) < 4.78 is 7.38. The first kappa shape index (κ1) is 25.0. The van der Waals surface area contributed by atoms with Gasteiger partial charge in [0, 0.05) is 31.9 Å². The number of aliphatic imine (C=N–C) groups is 1. The third-order valence-corrected chi connectivity index (χ3v) is 4.90. The molecule has 8 nitrogen and oxygen atoms in total. The maximum absolute atomic E-state index is 12.2. The van der Waals surface area contributed by atoms with Crippen molar-refractivity contribution in [2.45, 2.75) is 46.8 Å². The minimum absolute atomic E-state index is 0. The van der Waals surface area contributed by atoms with Crippen molar-refractivity contribution in [1.29, 1.82) is 0 Å². The van der Waals surface area contributed by atoms with Crippen molar-refractivity contribution in [3.63, 3.8) is 0 Å². The van der Waals surface area contributed by atoms with E-state index < -0.39 is 5.60 Å². The van der Waals surface area contributed by atoms with Gasteiger partial charge in [-0.25, -0.2) is 14.5 Å². The Balaban J connectivity index is 0.00000341. The van der Waals surface area contributed by atoms with Gasteiger partial charge in [-0.15, -0.1) is 24.0 Å². The van der Waals surface area contributed by atoms with Crippen LogP contribution in [0.5, 0.6) is 0 Å². The number of para-hydroxylation sites is 1. The van der Waals surface area contributed by atoms with E-state index in [1.165, 1.54) is 0 Å². The Bertz CT molecular complexity index is 926. The first-order valence-corrected chi connectivity index (χ1v) is 10.3. The zero-order valence-electron chi connectivity index (χ0n) is 19.0. The fourth-order valence-electron chi connectivity index (χ4n) is 3.43. The number of guanidine groups is 1. The van der Waals surface area contributed by atoms with Crippen molar-refractivity contribution >= 4 is 36.0 Å². The van der Waals surface area contributed by atoms with Crippen LogP contribution in [0, 0.1) is 13.8 Å². The zero-order valence-corrected chi connectivity index (χ0v) is 21.3. The van der Waals surface area contributed by atoms with Crippen molar-refractivity contribution in [3.05, 3.63) is 47.3 Å². The van der Waals surface area contributed by atoms with Gasteiger partial charge in [-0.3, -0.25) is 0 Å². The van der Waals surface area contributed by atoms with Gasteiger partial charge in [-0.2, -0.15) is 5.10 Å². The largest absolute Gasteiger partial charge is 0.444 e. The summed E-state index contributed by atoms with van der Waals surface area (Å²) in [5, 5.41) is 4.59. The molecular weight excluding hydrogens is 507 g/mol. The number of hydrogen-bond donors (Lipinski definition) is 1. The lowest BCUT2D eigenvalue weighted by Crippen LogP contribution is -2.53. The molecule has 0 saturated carbocycles. The number of aryl methyl sites for hydroxylation is 2. The molecule has 1 amide bonds. The lowest BCUT2D eigenvalue weighted by Gasteiger charge is -2.36. The van der Waals surface area contributed by atoms with Gasteiger partial charge >= 0.3 is 6.09 Å². The zero-order chi connectivity index (χ0) is 21.9. The molecule has 0 unspecified atom stereocenters. The van der Waals surface area contributed by atoms with Crippen LogP contribution in [-0.4, -0.2) is 63.4 Å². The Morgan fingerprint density at radius 2 is 1.74 bits per heavy atom. The highest BCUT2D eigenvalue weighted by Gasteiger charge is 2.26. The number of hydrogen-bond acceptors (Lipinski definition) is 4. The molecule has 1 aliphatic rings. The molecule has 2 N–H and O–H groups in total. The first-order valence-electron chi connectivity index (χ1n) is 10.3. The summed E-state index contributed by atoms with van der Waals surface area (Å²) in [5.41, 5.74) is 9.89. The molecule has 170 valence electrons. The number of carbonyl (C=O) groups excluding carboxylic acids is 1. The Morgan fingerprint density at radius 3 is 2.32 bits per heavy atom. The van der Waals surface area contributed by atoms with Crippen LogP contribution in [0.25, 0.3) is 5.69 Å². The van der Waals surface area contributed by atoms with Gasteiger partial charge in [-0.05, 0) is 52.3 Å². The third kappa shape index (κ3) is 6.59. The molecule has 1 fully saturated rings. The van der Waals surface area contributed by atoms with E-state index in [0.717, 1.165) is 22.6 Å². The smallest absolute Gasteiger partial charge is 0.410 e. The SMILES string of the molecule is Cc1cc(C)n(-c2ccccc2CN=C(N)N2CCN(C(=O)OC(C)(C)C)CC2)n1.I. The average molecular weight is 540 g/mol. The molecule has 0 bridgehead atoms. The summed E-state index contributed by atoms with van der Waals surface area (Å²) in [7, 11) is 0. The number of rotatable bonds is 3. The minimum Gasteiger partial charge on any atom is -0.444 e. The van der Waals surface area contributed by atoms with E-state index in [-0.39, 0.29) is 30.1 Å². The van der Waals surface area contributed by atoms with Gasteiger partial charge in [0.15, 0.2) is 5.96 Å². The van der Waals surface area contributed by atoms with E-state index in [1.54, 1.807) is 4.90 Å². The number of carbonyl (C=O) groups is 1. The quantitative estimate of drug-likeness (QED) is 0.366. The Kier molecular flexibility index (Phi) is 8.33. The van der Waals surface area contributed by atoms with E-state index in [2.05, 4.69) is 16.2 Å². The van der Waals surface area contributed by atoms with Crippen LogP contribution in [0.2, 0.25) is 0 Å². The fraction of sp³-hybridized carbons (Fsp3) is 0.500. The second kappa shape index (κ2) is 10.3. The fourth-order valence-corrected chi connectivity index (χ4v) is 3.43. The average Bonchev–Trinajstić information content (AvgIpc) is 3.03. The standard InChI is InChI=1S/C22H32N6O2.HI/c1-16-14-17(2)28(25-16)19-9-7-6-8-18(19)15-24-20(23)26-10-12-27(13-11-26)21(29)30-22(3,4)5;/h6-9,14H,10-13,15H2,1-5H3,(H2,23,24);1H. The predicted octanol–water partition coefficient (Wildman–Crippen LogP) is 3.47. The highest BCUT2D eigenvalue weighted by Crippen LogP contribution is 2.18. The van der Waals surface area contributed by atoms with Gasteiger partial charge in [0.1, 0.15) is 5.60 Å². The number of halogens is 1. The summed E-state index contributed by atoms with van der Waals surface area (Å²) in [6, 6.07) is 10.1. The Hall–Kier alpha value is -2.30. The van der Waals surface area contributed by atoms with Crippen molar-refractivity contribution in [2.24, 2.45) is 10.7 Å². The molecule has 1 aliphatic heterocycles. The molecule has 1 aromatic carbocycles. The molecule has 0 radical (unpaired) electrons. The number of amides is 1. The van der Waals surface area contributed by atoms with Crippen LogP contribution in [-0.2, 0) is 11.3 Å². The molecule has 0 spiro atoms. The van der Waals surface area contributed by atoms with Crippen LogP contribution in [0.15, 0.2) is 35.3 Å². The van der Waals surface area contributed by atoms with Gasteiger partial charge in [0.25, 0.3) is 0 Å². The lowest BCUT2D eigenvalue weighted by molar-refractivity contribution is 0.0186. The van der Waals surface area contributed by atoms with E-state index in [4.69, 9.17) is 10.5 Å². The molecule has 9 heteroatoms. The van der Waals surface area contributed by atoms with E-state index >= 15 is 0 Å². The molecule has 1 saturated heterocycles. The van der Waals surface area contributed by atoms with E-state index in [9.17, 15) is 4.79 Å². The maximum Gasteiger partial charge on any atom is 0.410 e. The Labute approximate surface area is 201 Å². The predicted molar refractivity (Wildman–Crippen MR) is 133 cm³/mol. The monoisotopic (exact) mass is 540 g/mol. The van der Waals surface area contributed by atoms with Crippen LogP contribution in [0.4, 0.5) is 4.79 Å². The van der Waals surface area contributed by atoms with Crippen LogP contribution < -0.4 is 5.73 Å². The van der Waals surface area contributed by atoms with Gasteiger partial charge < -0.3 is 20.3 Å². The maximum atomic E-state index is 12.2. The molecule has 0 aliphatic carbocycles. The first-order chi connectivity index (χ1) is 14.1. The minimum atomic E-state index is -0.492. The number of nitrogens with two attached hydrogens (primary N) is 1. The summed E-state index contributed by atoms with van der Waals surface area (Å²) in [6.07, 6.45) is -0.281. The molecule has 1 aromatic heterocycles. The van der Waals surface area contributed by atoms with Crippen LogP contribution in [0.1, 0.15) is 37.7 Å². The van der Waals surface area contributed by atoms with Gasteiger partial charge in [0.2, 0.25) is 0 Å². The van der Waals surface area contributed by atoms with Crippen molar-refractivity contribution in [2.75, 3.05) is 26.2 Å². The van der Waals surface area contributed by atoms with Crippen molar-refractivity contribution < 1.29 is 9.53 Å². The number of ether oxygens (including phenoxy) is 1. The van der Waals surface area contributed by atoms with Crippen molar-refractivity contribution in [1.82, 2.24) is 19.6 Å². The molecule has 3 rings (SSSR count). The van der Waals surface area contributed by atoms with Gasteiger partial charge in [-0.1, -0.05) is 18.2 Å². The summed E-state index contributed by atoms with van der Waals surface area (Å²) in [4.78, 5) is 20.6.